The number of hydrogen-bond acceptors (Lipinski definition) is 2. The summed E-state index contributed by atoms with van der Waals surface area (Å²) in [6.45, 7) is 13.7. The highest BCUT2D eigenvalue weighted by molar-refractivity contribution is 14.0. The van der Waals surface area contributed by atoms with Crippen molar-refractivity contribution < 1.29 is 4.21 Å². The summed E-state index contributed by atoms with van der Waals surface area (Å²) in [6.07, 6.45) is 1.05. The molecule has 4 nitrogen and oxygen atoms in total. The van der Waals surface area contributed by atoms with Crippen molar-refractivity contribution in [2.45, 2.75) is 58.8 Å². The van der Waals surface area contributed by atoms with Crippen LogP contribution in [-0.2, 0) is 10.8 Å². The van der Waals surface area contributed by atoms with Gasteiger partial charge in [-0.25, -0.2) is 0 Å². The zero-order valence-electron chi connectivity index (χ0n) is 13.1. The maximum absolute atomic E-state index is 11.9. The van der Waals surface area contributed by atoms with Gasteiger partial charge in [0.1, 0.15) is 0 Å². The first-order valence-corrected chi connectivity index (χ1v) is 8.06. The molecule has 0 aromatic carbocycles. The highest BCUT2D eigenvalue weighted by Crippen LogP contribution is 2.10. The molecule has 0 aliphatic rings. The van der Waals surface area contributed by atoms with Crippen LogP contribution in [0.15, 0.2) is 4.99 Å². The van der Waals surface area contributed by atoms with Gasteiger partial charge in [-0.05, 0) is 41.0 Å². The van der Waals surface area contributed by atoms with E-state index in [4.69, 9.17) is 0 Å². The lowest BCUT2D eigenvalue weighted by molar-refractivity contribution is 0.624. The predicted octanol–water partition coefficient (Wildman–Crippen LogP) is 2.51. The van der Waals surface area contributed by atoms with Crippen LogP contribution in [-0.4, -0.2) is 39.8 Å². The molecule has 0 aliphatic heterocycles. The average Bonchev–Trinajstić information content (AvgIpc) is 2.27. The predicted molar refractivity (Wildman–Crippen MR) is 97.0 cm³/mol. The van der Waals surface area contributed by atoms with Crippen LogP contribution in [0.1, 0.15) is 48.0 Å². The van der Waals surface area contributed by atoms with E-state index in [0.29, 0.717) is 18.3 Å². The summed E-state index contributed by atoms with van der Waals surface area (Å²) in [5, 5.41) is 6.52. The molecule has 0 rings (SSSR count). The maximum Gasteiger partial charge on any atom is 0.191 e. The van der Waals surface area contributed by atoms with Crippen LogP contribution >= 0.6 is 24.0 Å². The number of nitrogens with zero attached hydrogens (tertiary/aromatic N) is 1. The molecule has 0 saturated heterocycles. The third kappa shape index (κ3) is 10.6. The first-order valence-electron chi connectivity index (χ1n) is 6.74. The van der Waals surface area contributed by atoms with Crippen molar-refractivity contribution in [1.82, 2.24) is 10.6 Å². The zero-order chi connectivity index (χ0) is 14.2. The Labute approximate surface area is 138 Å². The molecule has 2 N–H and O–H groups in total. The fraction of sp³-hybridized carbons (Fsp3) is 0.923. The zero-order valence-corrected chi connectivity index (χ0v) is 16.2. The van der Waals surface area contributed by atoms with E-state index >= 15 is 0 Å². The first kappa shape index (κ1) is 21.4. The number of rotatable bonds is 6. The molecule has 0 radical (unpaired) electrons. The van der Waals surface area contributed by atoms with Crippen molar-refractivity contribution in [2.24, 2.45) is 4.99 Å². The summed E-state index contributed by atoms with van der Waals surface area (Å²) in [5.41, 5.74) is 0. The molecule has 0 amide bonds. The van der Waals surface area contributed by atoms with Crippen molar-refractivity contribution in [3.63, 3.8) is 0 Å². The van der Waals surface area contributed by atoms with Gasteiger partial charge >= 0.3 is 0 Å². The molecule has 0 aromatic rings. The summed E-state index contributed by atoms with van der Waals surface area (Å²) in [5.74, 6) is 1.43. The third-order valence-corrected chi connectivity index (χ3v) is 4.49. The van der Waals surface area contributed by atoms with Crippen molar-refractivity contribution in [3.05, 3.63) is 0 Å². The highest BCUT2D eigenvalue weighted by atomic mass is 127. The summed E-state index contributed by atoms with van der Waals surface area (Å²) in [4.78, 5) is 4.46. The van der Waals surface area contributed by atoms with Crippen LogP contribution in [0.5, 0.6) is 0 Å². The smallest absolute Gasteiger partial charge is 0.191 e. The molecule has 2 atom stereocenters. The monoisotopic (exact) mass is 403 g/mol. The standard InChI is InChI=1S/C13H29N3OS.HI/c1-7-11(3)16-12(14-8-2)15-9-10-18(17)13(4,5)6;/h11H,7-10H2,1-6H3,(H2,14,15,16);1H. The van der Waals surface area contributed by atoms with Crippen molar-refractivity contribution in [1.29, 1.82) is 0 Å². The van der Waals surface area contributed by atoms with Gasteiger partial charge in [0.25, 0.3) is 0 Å². The summed E-state index contributed by atoms with van der Waals surface area (Å²) in [7, 11) is -0.835. The number of guanidine groups is 1. The Morgan fingerprint density at radius 1 is 1.32 bits per heavy atom. The topological polar surface area (TPSA) is 53.5 Å². The van der Waals surface area contributed by atoms with Gasteiger partial charge in [-0.2, -0.15) is 0 Å². The van der Waals surface area contributed by atoms with Gasteiger partial charge in [0.2, 0.25) is 0 Å². The number of aliphatic imine (C=N–C) groups is 1. The normalized spacial score (nSPS) is 15.4. The number of nitrogens with one attached hydrogen (secondary N) is 2. The van der Waals surface area contributed by atoms with E-state index in [0.717, 1.165) is 18.9 Å². The first-order chi connectivity index (χ1) is 8.31. The molecular formula is C13H30IN3OS. The van der Waals surface area contributed by atoms with Crippen LogP contribution in [0.3, 0.4) is 0 Å². The lowest BCUT2D eigenvalue weighted by atomic mass is 10.3. The Morgan fingerprint density at radius 3 is 2.32 bits per heavy atom. The SMILES string of the molecule is CCNC(=NCCS(=O)C(C)(C)C)NC(C)CC.I. The Morgan fingerprint density at radius 2 is 1.89 bits per heavy atom. The lowest BCUT2D eigenvalue weighted by Gasteiger charge is -2.18. The van der Waals surface area contributed by atoms with E-state index in [-0.39, 0.29) is 28.7 Å². The second-order valence-electron chi connectivity index (χ2n) is 5.38. The highest BCUT2D eigenvalue weighted by Gasteiger charge is 2.18. The van der Waals surface area contributed by atoms with Crippen LogP contribution in [0.4, 0.5) is 0 Å². The number of hydrogen-bond donors (Lipinski definition) is 2. The van der Waals surface area contributed by atoms with Crippen molar-refractivity contribution in [2.75, 3.05) is 18.8 Å². The molecule has 0 fully saturated rings. The van der Waals surface area contributed by atoms with E-state index < -0.39 is 10.8 Å². The molecule has 0 aliphatic carbocycles. The molecule has 0 aromatic heterocycles. The molecular weight excluding hydrogens is 373 g/mol. The van der Waals surface area contributed by atoms with Crippen molar-refractivity contribution in [3.8, 4) is 0 Å². The Bertz CT molecular complexity index is 290. The molecule has 0 spiro atoms. The van der Waals surface area contributed by atoms with Gasteiger partial charge in [-0.15, -0.1) is 24.0 Å². The second-order valence-corrected chi connectivity index (χ2v) is 7.70. The lowest BCUT2D eigenvalue weighted by Crippen LogP contribution is -2.42. The molecule has 116 valence electrons. The fourth-order valence-electron chi connectivity index (χ4n) is 1.20. The van der Waals surface area contributed by atoms with E-state index in [1.165, 1.54) is 0 Å². The Hall–Kier alpha value is 0.150. The van der Waals surface area contributed by atoms with Gasteiger partial charge in [0, 0.05) is 33.9 Å². The van der Waals surface area contributed by atoms with Gasteiger partial charge in [-0.3, -0.25) is 9.20 Å². The summed E-state index contributed by atoms with van der Waals surface area (Å²) in [6, 6.07) is 0.399. The van der Waals surface area contributed by atoms with E-state index in [1.54, 1.807) is 0 Å². The third-order valence-electron chi connectivity index (χ3n) is 2.57. The fourth-order valence-corrected chi connectivity index (χ4v) is 2.07. The number of halogens is 1. The second kappa shape index (κ2) is 10.9. The average molecular weight is 403 g/mol. The van der Waals surface area contributed by atoms with Gasteiger partial charge in [0.05, 0.1) is 6.54 Å². The van der Waals surface area contributed by atoms with Crippen LogP contribution in [0.2, 0.25) is 0 Å². The van der Waals surface area contributed by atoms with Gasteiger partial charge in [0.15, 0.2) is 5.96 Å². The van der Waals surface area contributed by atoms with Gasteiger partial charge in [-0.1, -0.05) is 6.92 Å². The van der Waals surface area contributed by atoms with E-state index in [1.807, 2.05) is 27.7 Å². The Kier molecular flexibility index (Phi) is 12.3. The summed E-state index contributed by atoms with van der Waals surface area (Å²) < 4.78 is 11.7. The van der Waals surface area contributed by atoms with Crippen LogP contribution < -0.4 is 10.6 Å². The van der Waals surface area contributed by atoms with E-state index in [9.17, 15) is 4.21 Å². The molecule has 2 unspecified atom stereocenters. The molecule has 0 saturated carbocycles. The Balaban J connectivity index is 0. The molecule has 0 heterocycles. The van der Waals surface area contributed by atoms with Crippen LogP contribution in [0, 0.1) is 0 Å². The van der Waals surface area contributed by atoms with Crippen LogP contribution in [0.25, 0.3) is 0 Å². The largest absolute Gasteiger partial charge is 0.357 e. The minimum atomic E-state index is -0.835. The quantitative estimate of drug-likeness (QED) is 0.407. The molecule has 19 heavy (non-hydrogen) atoms. The maximum atomic E-state index is 11.9. The van der Waals surface area contributed by atoms with Crippen molar-refractivity contribution >= 4 is 40.7 Å². The van der Waals surface area contributed by atoms with E-state index in [2.05, 4.69) is 29.5 Å². The molecule has 6 heteroatoms. The van der Waals surface area contributed by atoms with Gasteiger partial charge < -0.3 is 10.6 Å². The summed E-state index contributed by atoms with van der Waals surface area (Å²) >= 11 is 0. The minimum Gasteiger partial charge on any atom is -0.357 e. The minimum absolute atomic E-state index is 0. The molecule has 0 bridgehead atoms.